The van der Waals surface area contributed by atoms with Crippen molar-refractivity contribution in [2.45, 2.75) is 59.4 Å². The Kier molecular flexibility index (Phi) is 9.69. The number of halogens is 1. The molecule has 2 heterocycles. The van der Waals surface area contributed by atoms with Crippen molar-refractivity contribution in [2.75, 3.05) is 33.4 Å². The summed E-state index contributed by atoms with van der Waals surface area (Å²) in [6, 6.07) is 9.95. The van der Waals surface area contributed by atoms with Gasteiger partial charge in [0.2, 0.25) is 0 Å². The van der Waals surface area contributed by atoms with Gasteiger partial charge >= 0.3 is 0 Å². The van der Waals surface area contributed by atoms with E-state index in [9.17, 15) is 4.79 Å². The molecule has 0 unspecified atom stereocenters. The third-order valence-corrected chi connectivity index (χ3v) is 7.03. The first-order valence-electron chi connectivity index (χ1n) is 13.6. The average Bonchev–Trinajstić information content (AvgIpc) is 3.35. The van der Waals surface area contributed by atoms with Gasteiger partial charge in [-0.2, -0.15) is 0 Å². The quantitative estimate of drug-likeness (QED) is 0.256. The molecule has 0 spiro atoms. The van der Waals surface area contributed by atoms with E-state index in [1.54, 1.807) is 6.07 Å². The molecule has 204 valence electrons. The number of benzene rings is 2. The molecule has 7 nitrogen and oxygen atoms in total. The molecule has 1 aliphatic rings. The second-order valence-corrected chi connectivity index (χ2v) is 10.2. The number of rotatable bonds is 12. The monoisotopic (exact) mass is 539 g/mol. The Hall–Kier alpha value is -3.03. The zero-order valence-corrected chi connectivity index (χ0v) is 23.6. The molecule has 1 aliphatic heterocycles. The predicted molar refractivity (Wildman–Crippen MR) is 151 cm³/mol. The first kappa shape index (κ1) is 28.0. The summed E-state index contributed by atoms with van der Waals surface area (Å²) >= 11 is 6.69. The van der Waals surface area contributed by atoms with Crippen LogP contribution in [0.4, 0.5) is 0 Å². The summed E-state index contributed by atoms with van der Waals surface area (Å²) in [5.74, 6) is 1.33. The molecule has 3 aromatic rings. The smallest absolute Gasteiger partial charge is 0.274 e. The molecule has 0 bridgehead atoms. The molecule has 1 amide bonds. The first-order valence-corrected chi connectivity index (χ1v) is 14.0. The second-order valence-electron chi connectivity index (χ2n) is 9.75. The van der Waals surface area contributed by atoms with Gasteiger partial charge in [-0.15, -0.1) is 0 Å². The van der Waals surface area contributed by atoms with Crippen molar-refractivity contribution in [3.63, 3.8) is 0 Å². The molecule has 0 aliphatic carbocycles. The van der Waals surface area contributed by atoms with Crippen LogP contribution in [-0.4, -0.2) is 49.3 Å². The Morgan fingerprint density at radius 1 is 1.05 bits per heavy atom. The lowest BCUT2D eigenvalue weighted by atomic mass is 9.92. The van der Waals surface area contributed by atoms with Crippen molar-refractivity contribution in [3.8, 4) is 33.9 Å². The molecule has 8 heteroatoms. The van der Waals surface area contributed by atoms with E-state index in [0.717, 1.165) is 50.8 Å². The molecule has 2 aromatic carbocycles. The number of hydrogen-bond acceptors (Lipinski definition) is 6. The Labute approximate surface area is 230 Å². The summed E-state index contributed by atoms with van der Waals surface area (Å²) in [6.45, 7) is 9.60. The summed E-state index contributed by atoms with van der Waals surface area (Å²) in [4.78, 5) is 15.4. The number of unbranched alkanes of at least 4 members (excludes halogenated alkanes) is 2. The summed E-state index contributed by atoms with van der Waals surface area (Å²) in [5, 5.41) is 7.55. The molecule has 0 saturated carbocycles. The zero-order chi connectivity index (χ0) is 27.1. The summed E-state index contributed by atoms with van der Waals surface area (Å²) in [6.07, 6.45) is 4.80. The summed E-state index contributed by atoms with van der Waals surface area (Å²) in [5.41, 5.74) is 4.96. The normalized spacial score (nSPS) is 13.3. The topological polar surface area (TPSA) is 76.8 Å². The predicted octanol–water partition coefficient (Wildman–Crippen LogP) is 6.76. The summed E-state index contributed by atoms with van der Waals surface area (Å²) < 4.78 is 18.1. The van der Waals surface area contributed by atoms with Crippen LogP contribution in [0.15, 0.2) is 34.9 Å². The van der Waals surface area contributed by atoms with Crippen molar-refractivity contribution in [1.29, 1.82) is 0 Å². The Bertz CT molecular complexity index is 1260. The van der Waals surface area contributed by atoms with E-state index in [4.69, 9.17) is 25.6 Å². The highest BCUT2D eigenvalue weighted by Crippen LogP contribution is 2.44. The minimum absolute atomic E-state index is 0.244. The number of hydrogen-bond donors (Lipinski definition) is 1. The lowest BCUT2D eigenvalue weighted by Crippen LogP contribution is -2.26. The van der Waals surface area contributed by atoms with Gasteiger partial charge < -0.3 is 24.2 Å². The third kappa shape index (κ3) is 6.33. The van der Waals surface area contributed by atoms with Crippen molar-refractivity contribution in [2.24, 2.45) is 0 Å². The maximum absolute atomic E-state index is 13.1. The highest BCUT2D eigenvalue weighted by atomic mass is 35.5. The molecule has 0 atom stereocenters. The van der Waals surface area contributed by atoms with Gasteiger partial charge in [-0.3, -0.25) is 4.79 Å². The molecule has 0 radical (unpaired) electrons. The molecular weight excluding hydrogens is 502 g/mol. The zero-order valence-electron chi connectivity index (χ0n) is 22.9. The standard InChI is InChI=1S/C30H38ClN3O4/c1-5-8-14-36-25-18-26(37-15-9-6-2)24(31)17-23(25)29-27(28(33-38-29)30(35)32-7-3)21-10-11-22-19-34(4)13-12-20(22)16-21/h10-11,16-18H,5-9,12-15,19H2,1-4H3,(H,32,35). The van der Waals surface area contributed by atoms with E-state index in [-0.39, 0.29) is 11.6 Å². The molecule has 1 aromatic heterocycles. The minimum Gasteiger partial charge on any atom is -0.493 e. The van der Waals surface area contributed by atoms with Gasteiger partial charge in [0.25, 0.3) is 5.91 Å². The molecule has 38 heavy (non-hydrogen) atoms. The Balaban J connectivity index is 1.84. The maximum atomic E-state index is 13.1. The van der Waals surface area contributed by atoms with E-state index in [1.807, 2.05) is 19.1 Å². The third-order valence-electron chi connectivity index (χ3n) is 6.73. The van der Waals surface area contributed by atoms with E-state index in [0.29, 0.717) is 53.2 Å². The van der Waals surface area contributed by atoms with Gasteiger partial charge in [-0.1, -0.05) is 61.6 Å². The van der Waals surface area contributed by atoms with E-state index in [1.165, 1.54) is 11.1 Å². The van der Waals surface area contributed by atoms with Gasteiger partial charge in [0.05, 0.1) is 29.4 Å². The number of nitrogens with one attached hydrogen (secondary N) is 1. The molecule has 0 fully saturated rings. The molecular formula is C30H38ClN3O4. The number of nitrogens with zero attached hydrogens (tertiary/aromatic N) is 2. The number of likely N-dealkylation sites (N-methyl/N-ethyl adjacent to an activating group) is 1. The number of amides is 1. The highest BCUT2D eigenvalue weighted by Gasteiger charge is 2.28. The number of aromatic nitrogens is 1. The number of carbonyl (C=O) groups is 1. The second kappa shape index (κ2) is 13.2. The lowest BCUT2D eigenvalue weighted by Gasteiger charge is -2.25. The van der Waals surface area contributed by atoms with E-state index < -0.39 is 0 Å². The van der Waals surface area contributed by atoms with Gasteiger partial charge in [-0.05, 0) is 56.0 Å². The van der Waals surface area contributed by atoms with Crippen LogP contribution < -0.4 is 14.8 Å². The summed E-state index contributed by atoms with van der Waals surface area (Å²) in [7, 11) is 2.13. The van der Waals surface area contributed by atoms with E-state index in [2.05, 4.69) is 48.4 Å². The fourth-order valence-corrected chi connectivity index (χ4v) is 4.80. The van der Waals surface area contributed by atoms with Crippen LogP contribution in [-0.2, 0) is 13.0 Å². The molecule has 1 N–H and O–H groups in total. The fourth-order valence-electron chi connectivity index (χ4n) is 4.59. The SMILES string of the molecule is CCCCOc1cc(OCCCC)c(-c2onc(C(=O)NCC)c2-c2ccc3c(c2)CCN(C)C3)cc1Cl. The first-order chi connectivity index (χ1) is 18.5. The largest absolute Gasteiger partial charge is 0.493 e. The van der Waals surface area contributed by atoms with Crippen LogP contribution >= 0.6 is 11.6 Å². The van der Waals surface area contributed by atoms with Crippen molar-refractivity contribution >= 4 is 17.5 Å². The number of ether oxygens (including phenoxy) is 2. The average molecular weight is 540 g/mol. The maximum Gasteiger partial charge on any atom is 0.274 e. The van der Waals surface area contributed by atoms with Crippen LogP contribution in [0.2, 0.25) is 5.02 Å². The van der Waals surface area contributed by atoms with Gasteiger partial charge in [0.1, 0.15) is 11.5 Å². The van der Waals surface area contributed by atoms with Gasteiger partial charge in [0.15, 0.2) is 11.5 Å². The van der Waals surface area contributed by atoms with Crippen molar-refractivity contribution in [1.82, 2.24) is 15.4 Å². The van der Waals surface area contributed by atoms with Crippen molar-refractivity contribution < 1.29 is 18.8 Å². The van der Waals surface area contributed by atoms with Crippen LogP contribution in [0.3, 0.4) is 0 Å². The Morgan fingerprint density at radius 2 is 1.79 bits per heavy atom. The van der Waals surface area contributed by atoms with Gasteiger partial charge in [0, 0.05) is 25.7 Å². The van der Waals surface area contributed by atoms with Crippen molar-refractivity contribution in [3.05, 3.63) is 52.2 Å². The fraction of sp³-hybridized carbons (Fsp3) is 0.467. The van der Waals surface area contributed by atoms with Crippen LogP contribution in [0.25, 0.3) is 22.5 Å². The van der Waals surface area contributed by atoms with Crippen LogP contribution in [0.1, 0.15) is 68.1 Å². The van der Waals surface area contributed by atoms with E-state index >= 15 is 0 Å². The lowest BCUT2D eigenvalue weighted by molar-refractivity contribution is 0.0947. The van der Waals surface area contributed by atoms with Gasteiger partial charge in [-0.25, -0.2) is 0 Å². The highest BCUT2D eigenvalue weighted by molar-refractivity contribution is 6.32. The number of carbonyl (C=O) groups excluding carboxylic acids is 1. The molecule has 4 rings (SSSR count). The molecule has 0 saturated heterocycles. The van der Waals surface area contributed by atoms with Crippen LogP contribution in [0.5, 0.6) is 11.5 Å². The van der Waals surface area contributed by atoms with Crippen LogP contribution in [0, 0.1) is 0 Å². The Morgan fingerprint density at radius 3 is 2.50 bits per heavy atom. The number of fused-ring (bicyclic) bond motifs is 1. The minimum atomic E-state index is -0.283.